The number of anilines is 1. The van der Waals surface area contributed by atoms with Crippen LogP contribution in [-0.2, 0) is 11.3 Å². The minimum absolute atomic E-state index is 0.183. The Morgan fingerprint density at radius 2 is 1.95 bits per heavy atom. The second-order valence-corrected chi connectivity index (χ2v) is 4.81. The fraction of sp³-hybridized carbons (Fsp3) is 0.0909. The molecule has 1 aromatic heterocycles. The van der Waals surface area contributed by atoms with E-state index < -0.39 is 35.7 Å². The highest BCUT2D eigenvalue weighted by molar-refractivity contribution is 9.10. The van der Waals surface area contributed by atoms with Crippen molar-refractivity contribution < 1.29 is 23.5 Å². The molecule has 0 atom stereocenters. The molecule has 0 aliphatic rings. The van der Waals surface area contributed by atoms with Crippen LogP contribution in [0.3, 0.4) is 0 Å². The van der Waals surface area contributed by atoms with Crippen LogP contribution < -0.4 is 5.32 Å². The Hall–Kier alpha value is -2.36. The molecule has 1 amide bonds. The Bertz CT molecular complexity index is 696. The molecule has 1 aromatic carbocycles. The van der Waals surface area contributed by atoms with E-state index in [0.29, 0.717) is 0 Å². The smallest absolute Gasteiger partial charge is 0.325 e. The van der Waals surface area contributed by atoms with Crippen LogP contribution in [0.15, 0.2) is 22.8 Å². The van der Waals surface area contributed by atoms with E-state index in [1.807, 2.05) is 5.32 Å². The molecule has 10 heteroatoms. The van der Waals surface area contributed by atoms with Gasteiger partial charge in [-0.1, -0.05) is 21.1 Å². The first kappa shape index (κ1) is 15.0. The van der Waals surface area contributed by atoms with E-state index in [2.05, 4.69) is 26.2 Å². The van der Waals surface area contributed by atoms with Gasteiger partial charge in [-0.05, 0) is 12.1 Å². The van der Waals surface area contributed by atoms with Crippen LogP contribution >= 0.6 is 15.9 Å². The summed E-state index contributed by atoms with van der Waals surface area (Å²) in [5.74, 6) is -4.01. The quantitative estimate of drug-likeness (QED) is 0.863. The molecule has 0 unspecified atom stereocenters. The Labute approximate surface area is 124 Å². The number of carbonyl (C=O) groups excluding carboxylic acids is 1. The second kappa shape index (κ2) is 5.95. The lowest BCUT2D eigenvalue weighted by atomic mass is 10.3. The van der Waals surface area contributed by atoms with E-state index in [1.54, 1.807) is 0 Å². The molecule has 0 saturated heterocycles. The third-order valence-corrected chi connectivity index (χ3v) is 2.77. The van der Waals surface area contributed by atoms with Crippen LogP contribution in [0.2, 0.25) is 0 Å². The van der Waals surface area contributed by atoms with Gasteiger partial charge >= 0.3 is 5.97 Å². The maximum atomic E-state index is 13.6. The van der Waals surface area contributed by atoms with Gasteiger partial charge in [-0.2, -0.15) is 0 Å². The highest BCUT2D eigenvalue weighted by atomic mass is 79.9. The summed E-state index contributed by atoms with van der Waals surface area (Å²) >= 11 is 2.91. The van der Waals surface area contributed by atoms with E-state index in [4.69, 9.17) is 5.11 Å². The molecule has 110 valence electrons. The number of halogens is 3. The molecule has 0 bridgehead atoms. The summed E-state index contributed by atoms with van der Waals surface area (Å²) in [6, 6.07) is 1.97. The number of carboxylic acids is 1. The van der Waals surface area contributed by atoms with Gasteiger partial charge in [0.25, 0.3) is 5.91 Å². The van der Waals surface area contributed by atoms with E-state index in [1.165, 1.54) is 0 Å². The van der Waals surface area contributed by atoms with Crippen molar-refractivity contribution in [3.63, 3.8) is 0 Å². The third kappa shape index (κ3) is 3.60. The molecule has 2 N–H and O–H groups in total. The molecule has 0 fully saturated rings. The van der Waals surface area contributed by atoms with Gasteiger partial charge < -0.3 is 10.4 Å². The zero-order chi connectivity index (χ0) is 15.6. The molecule has 0 radical (unpaired) electrons. The molecule has 0 aliphatic heterocycles. The van der Waals surface area contributed by atoms with E-state index >= 15 is 0 Å². The predicted octanol–water partition coefficient (Wildman–Crippen LogP) is 1.66. The first-order chi connectivity index (χ1) is 9.86. The standard InChI is InChI=1S/C11H7BrF2N4O3/c12-5-1-6(13)10(7(14)2-5)15-11(21)8-3-18(17-16-8)4-9(19)20/h1-3H,4H2,(H,15,21)(H,19,20). The van der Waals surface area contributed by atoms with Crippen LogP contribution in [0.5, 0.6) is 0 Å². The summed E-state index contributed by atoms with van der Waals surface area (Å²) in [4.78, 5) is 22.3. The van der Waals surface area contributed by atoms with Crippen molar-refractivity contribution in [1.82, 2.24) is 15.0 Å². The SMILES string of the molecule is O=C(O)Cn1cc(C(=O)Nc2c(F)cc(Br)cc2F)nn1. The van der Waals surface area contributed by atoms with Crippen molar-refractivity contribution in [1.29, 1.82) is 0 Å². The van der Waals surface area contributed by atoms with Crippen LogP contribution in [-0.4, -0.2) is 32.0 Å². The molecule has 21 heavy (non-hydrogen) atoms. The summed E-state index contributed by atoms with van der Waals surface area (Å²) in [6.45, 7) is -0.485. The minimum atomic E-state index is -1.17. The molecule has 0 spiro atoms. The normalized spacial score (nSPS) is 10.4. The topological polar surface area (TPSA) is 97.1 Å². The minimum Gasteiger partial charge on any atom is -0.480 e. The van der Waals surface area contributed by atoms with Gasteiger partial charge in [0, 0.05) is 4.47 Å². The van der Waals surface area contributed by atoms with Crippen LogP contribution in [0.4, 0.5) is 14.5 Å². The number of carboxylic acid groups (broad SMARTS) is 1. The highest BCUT2D eigenvalue weighted by Crippen LogP contribution is 2.24. The lowest BCUT2D eigenvalue weighted by Gasteiger charge is -2.06. The Kier molecular flexibility index (Phi) is 4.26. The number of aromatic nitrogens is 3. The maximum absolute atomic E-state index is 13.6. The average Bonchev–Trinajstić information content (AvgIpc) is 2.81. The number of nitrogens with zero attached hydrogens (tertiary/aromatic N) is 3. The van der Waals surface area contributed by atoms with E-state index in [0.717, 1.165) is 23.0 Å². The maximum Gasteiger partial charge on any atom is 0.325 e. The summed E-state index contributed by atoms with van der Waals surface area (Å²) in [6.07, 6.45) is 1.05. The zero-order valence-electron chi connectivity index (χ0n) is 10.2. The number of amides is 1. The van der Waals surface area contributed by atoms with Crippen molar-refractivity contribution >= 4 is 33.5 Å². The number of nitrogens with one attached hydrogen (secondary N) is 1. The molecule has 2 rings (SSSR count). The lowest BCUT2D eigenvalue weighted by molar-refractivity contribution is -0.137. The van der Waals surface area contributed by atoms with Crippen molar-refractivity contribution in [3.05, 3.63) is 40.1 Å². The first-order valence-electron chi connectivity index (χ1n) is 5.44. The number of aliphatic carboxylic acids is 1. The summed E-state index contributed by atoms with van der Waals surface area (Å²) in [5, 5.41) is 17.4. The monoisotopic (exact) mass is 360 g/mol. The summed E-state index contributed by atoms with van der Waals surface area (Å²) in [5.41, 5.74) is -0.894. The van der Waals surface area contributed by atoms with Crippen LogP contribution in [0.25, 0.3) is 0 Å². The molecular weight excluding hydrogens is 354 g/mol. The number of benzene rings is 1. The number of hydrogen-bond acceptors (Lipinski definition) is 4. The summed E-state index contributed by atoms with van der Waals surface area (Å²) in [7, 11) is 0. The van der Waals surface area contributed by atoms with Gasteiger partial charge in [0.05, 0.1) is 6.20 Å². The Morgan fingerprint density at radius 3 is 2.52 bits per heavy atom. The zero-order valence-corrected chi connectivity index (χ0v) is 11.8. The summed E-state index contributed by atoms with van der Waals surface area (Å²) < 4.78 is 28.2. The second-order valence-electron chi connectivity index (χ2n) is 3.89. The molecule has 7 nitrogen and oxygen atoms in total. The Morgan fingerprint density at radius 1 is 1.33 bits per heavy atom. The van der Waals surface area contributed by atoms with Crippen molar-refractivity contribution in [2.24, 2.45) is 0 Å². The molecule has 1 heterocycles. The van der Waals surface area contributed by atoms with Gasteiger partial charge in [0.1, 0.15) is 12.2 Å². The molecule has 2 aromatic rings. The molecule has 0 saturated carbocycles. The number of carbonyl (C=O) groups is 2. The fourth-order valence-corrected chi connectivity index (χ4v) is 1.86. The number of rotatable bonds is 4. The van der Waals surface area contributed by atoms with E-state index in [-0.39, 0.29) is 10.2 Å². The Balaban J connectivity index is 2.18. The van der Waals surface area contributed by atoms with Crippen molar-refractivity contribution in [2.75, 3.05) is 5.32 Å². The van der Waals surface area contributed by atoms with Gasteiger partial charge in [0.15, 0.2) is 17.3 Å². The van der Waals surface area contributed by atoms with Gasteiger partial charge in [-0.25, -0.2) is 13.5 Å². The predicted molar refractivity (Wildman–Crippen MR) is 69.7 cm³/mol. The van der Waals surface area contributed by atoms with Crippen molar-refractivity contribution in [2.45, 2.75) is 6.54 Å². The number of hydrogen-bond donors (Lipinski definition) is 2. The highest BCUT2D eigenvalue weighted by Gasteiger charge is 2.17. The molecular formula is C11H7BrF2N4O3. The van der Waals surface area contributed by atoms with Gasteiger partial charge in [-0.15, -0.1) is 5.10 Å². The van der Waals surface area contributed by atoms with Crippen LogP contribution in [0, 0.1) is 11.6 Å². The third-order valence-electron chi connectivity index (χ3n) is 2.31. The first-order valence-corrected chi connectivity index (χ1v) is 6.24. The molecule has 0 aliphatic carbocycles. The lowest BCUT2D eigenvalue weighted by Crippen LogP contribution is -2.15. The van der Waals surface area contributed by atoms with Gasteiger partial charge in [0.2, 0.25) is 0 Å². The van der Waals surface area contributed by atoms with Gasteiger partial charge in [-0.3, -0.25) is 9.59 Å². The van der Waals surface area contributed by atoms with Crippen molar-refractivity contribution in [3.8, 4) is 0 Å². The van der Waals surface area contributed by atoms with Crippen LogP contribution in [0.1, 0.15) is 10.5 Å². The average molecular weight is 361 g/mol. The van der Waals surface area contributed by atoms with E-state index in [9.17, 15) is 18.4 Å². The fourth-order valence-electron chi connectivity index (χ4n) is 1.46. The largest absolute Gasteiger partial charge is 0.480 e.